The monoisotopic (exact) mass is 299 g/mol. The molecule has 0 aliphatic carbocycles. The van der Waals surface area contributed by atoms with Gasteiger partial charge in [-0.2, -0.15) is 11.8 Å². The number of carbonyl (C=O) groups excluding carboxylic acids is 1. The van der Waals surface area contributed by atoms with Gasteiger partial charge in [-0.05, 0) is 18.2 Å². The van der Waals surface area contributed by atoms with Crippen LogP contribution in [0.25, 0.3) is 0 Å². The number of carboxylic acids is 1. The molecule has 0 heterocycles. The Morgan fingerprint density at radius 2 is 2.20 bits per heavy atom. The molecule has 0 aliphatic heterocycles. The Labute approximate surface area is 121 Å². The molecule has 0 saturated heterocycles. The van der Waals surface area contributed by atoms with Crippen LogP contribution in [0, 0.1) is 0 Å². The number of carboxylic acid groups (broad SMARTS) is 1. The highest BCUT2D eigenvalue weighted by Crippen LogP contribution is 2.27. The van der Waals surface area contributed by atoms with E-state index in [1.165, 1.54) is 11.8 Å². The van der Waals surface area contributed by atoms with Crippen molar-refractivity contribution in [1.29, 1.82) is 0 Å². The molecule has 0 saturated carbocycles. The molecule has 0 bridgehead atoms. The van der Waals surface area contributed by atoms with Gasteiger partial charge < -0.3 is 19.9 Å². The van der Waals surface area contributed by atoms with E-state index in [4.69, 9.17) is 14.6 Å². The average molecular weight is 299 g/mol. The zero-order valence-electron chi connectivity index (χ0n) is 11.3. The van der Waals surface area contributed by atoms with E-state index in [0.717, 1.165) is 5.56 Å². The van der Waals surface area contributed by atoms with Gasteiger partial charge in [-0.3, -0.25) is 4.79 Å². The highest BCUT2D eigenvalue weighted by atomic mass is 32.2. The molecule has 1 atom stereocenters. The first-order chi connectivity index (χ1) is 9.62. The summed E-state index contributed by atoms with van der Waals surface area (Å²) in [5, 5.41) is 11.2. The van der Waals surface area contributed by atoms with Crippen molar-refractivity contribution in [1.82, 2.24) is 5.32 Å². The fraction of sp³-hybridized carbons (Fsp3) is 0.385. The number of thioether (sulfide) groups is 1. The molecular formula is C13H17NO5S. The molecule has 110 valence electrons. The Morgan fingerprint density at radius 1 is 1.45 bits per heavy atom. The highest BCUT2D eigenvalue weighted by Gasteiger charge is 2.16. The van der Waals surface area contributed by atoms with Gasteiger partial charge in [0, 0.05) is 17.1 Å². The van der Waals surface area contributed by atoms with E-state index in [2.05, 4.69) is 5.32 Å². The summed E-state index contributed by atoms with van der Waals surface area (Å²) < 4.78 is 10.4. The van der Waals surface area contributed by atoms with Gasteiger partial charge in [0.2, 0.25) is 6.41 Å². The summed E-state index contributed by atoms with van der Waals surface area (Å²) in [6.07, 6.45) is 0.394. The van der Waals surface area contributed by atoms with E-state index in [0.29, 0.717) is 23.7 Å². The first-order valence-electron chi connectivity index (χ1n) is 5.83. The maximum Gasteiger partial charge on any atom is 0.327 e. The zero-order valence-corrected chi connectivity index (χ0v) is 12.1. The van der Waals surface area contributed by atoms with Crippen molar-refractivity contribution in [3.8, 4) is 11.5 Å². The van der Waals surface area contributed by atoms with Gasteiger partial charge in [-0.1, -0.05) is 0 Å². The SMILES string of the molecule is COc1ccc(OC)c(CSCC(NC=O)C(=O)O)c1. The third-order valence-corrected chi connectivity index (χ3v) is 3.68. The van der Waals surface area contributed by atoms with Crippen LogP contribution in [0.1, 0.15) is 5.56 Å². The van der Waals surface area contributed by atoms with E-state index in [9.17, 15) is 9.59 Å². The van der Waals surface area contributed by atoms with E-state index in [1.54, 1.807) is 26.4 Å². The predicted octanol–water partition coefficient (Wildman–Crippen LogP) is 1.14. The lowest BCUT2D eigenvalue weighted by Gasteiger charge is -2.13. The van der Waals surface area contributed by atoms with Gasteiger partial charge in [-0.15, -0.1) is 0 Å². The first kappa shape index (κ1) is 16.2. The Balaban J connectivity index is 2.64. The van der Waals surface area contributed by atoms with Gasteiger partial charge in [0.1, 0.15) is 17.5 Å². The molecule has 0 aromatic heterocycles. The van der Waals surface area contributed by atoms with Crippen molar-refractivity contribution in [2.45, 2.75) is 11.8 Å². The fourth-order valence-electron chi connectivity index (χ4n) is 1.55. The molecule has 0 fully saturated rings. The second-order valence-corrected chi connectivity index (χ2v) is 4.90. The van der Waals surface area contributed by atoms with Crippen molar-refractivity contribution in [3.63, 3.8) is 0 Å². The molecule has 1 aromatic carbocycles. The van der Waals surface area contributed by atoms with Gasteiger partial charge in [0.25, 0.3) is 0 Å². The summed E-state index contributed by atoms with van der Waals surface area (Å²) in [6.45, 7) is 0. The summed E-state index contributed by atoms with van der Waals surface area (Å²) in [7, 11) is 3.15. The first-order valence-corrected chi connectivity index (χ1v) is 6.99. The molecule has 1 rings (SSSR count). The molecule has 1 amide bonds. The number of hydrogen-bond donors (Lipinski definition) is 2. The van der Waals surface area contributed by atoms with Gasteiger partial charge in [0.15, 0.2) is 0 Å². The summed E-state index contributed by atoms with van der Waals surface area (Å²) in [4.78, 5) is 21.2. The molecule has 0 spiro atoms. The average Bonchev–Trinajstić information content (AvgIpc) is 2.45. The molecule has 20 heavy (non-hydrogen) atoms. The maximum atomic E-state index is 10.9. The van der Waals surface area contributed by atoms with Crippen LogP contribution in [0.2, 0.25) is 0 Å². The minimum absolute atomic E-state index is 0.272. The van der Waals surface area contributed by atoms with E-state index in [1.807, 2.05) is 6.07 Å². The standard InChI is InChI=1S/C13H17NO5S/c1-18-10-3-4-12(19-2)9(5-10)6-20-7-11(13(16)17)14-8-15/h3-5,8,11H,6-7H2,1-2H3,(H,14,15)(H,16,17). The number of methoxy groups -OCH3 is 2. The lowest BCUT2D eigenvalue weighted by Crippen LogP contribution is -2.37. The van der Waals surface area contributed by atoms with E-state index < -0.39 is 12.0 Å². The predicted molar refractivity (Wildman–Crippen MR) is 76.3 cm³/mol. The molecule has 0 radical (unpaired) electrons. The number of rotatable bonds is 9. The van der Waals surface area contributed by atoms with Gasteiger partial charge in [-0.25, -0.2) is 4.79 Å². The van der Waals surface area contributed by atoms with Crippen LogP contribution in [0.5, 0.6) is 11.5 Å². The molecule has 1 unspecified atom stereocenters. The van der Waals surface area contributed by atoms with Crippen molar-refractivity contribution in [3.05, 3.63) is 23.8 Å². The van der Waals surface area contributed by atoms with Crippen molar-refractivity contribution < 1.29 is 24.2 Å². The Bertz CT molecular complexity index is 466. The number of carbonyl (C=O) groups is 2. The van der Waals surface area contributed by atoms with Gasteiger partial charge >= 0.3 is 5.97 Å². The van der Waals surface area contributed by atoms with Crippen LogP contribution in [-0.4, -0.2) is 43.5 Å². The summed E-state index contributed by atoms with van der Waals surface area (Å²) >= 11 is 1.39. The lowest BCUT2D eigenvalue weighted by molar-refractivity contribution is -0.139. The third-order valence-electron chi connectivity index (χ3n) is 2.60. The Kier molecular flexibility index (Phi) is 6.72. The quantitative estimate of drug-likeness (QED) is 0.665. The number of benzene rings is 1. The summed E-state index contributed by atoms with van der Waals surface area (Å²) in [5.41, 5.74) is 0.909. The van der Waals surface area contributed by atoms with Crippen LogP contribution in [0.15, 0.2) is 18.2 Å². The van der Waals surface area contributed by atoms with Crippen LogP contribution in [-0.2, 0) is 15.3 Å². The number of ether oxygens (including phenoxy) is 2. The third kappa shape index (κ3) is 4.65. The highest BCUT2D eigenvalue weighted by molar-refractivity contribution is 7.98. The largest absolute Gasteiger partial charge is 0.497 e. The normalized spacial score (nSPS) is 11.5. The number of aliphatic carboxylic acids is 1. The minimum atomic E-state index is -1.05. The molecule has 2 N–H and O–H groups in total. The van der Waals surface area contributed by atoms with Crippen molar-refractivity contribution in [2.75, 3.05) is 20.0 Å². The zero-order chi connectivity index (χ0) is 15.0. The lowest BCUT2D eigenvalue weighted by atomic mass is 10.2. The number of hydrogen-bond acceptors (Lipinski definition) is 5. The van der Waals surface area contributed by atoms with Crippen molar-refractivity contribution in [2.24, 2.45) is 0 Å². The second-order valence-electron chi connectivity index (χ2n) is 3.87. The molecule has 0 aliphatic rings. The second kappa shape index (κ2) is 8.31. The molecule has 6 nitrogen and oxygen atoms in total. The van der Waals surface area contributed by atoms with Crippen LogP contribution < -0.4 is 14.8 Å². The van der Waals surface area contributed by atoms with Crippen LogP contribution in [0.3, 0.4) is 0 Å². The number of amides is 1. The topological polar surface area (TPSA) is 84.9 Å². The smallest absolute Gasteiger partial charge is 0.327 e. The van der Waals surface area contributed by atoms with Crippen LogP contribution >= 0.6 is 11.8 Å². The van der Waals surface area contributed by atoms with Crippen LogP contribution in [0.4, 0.5) is 0 Å². The Morgan fingerprint density at radius 3 is 2.75 bits per heavy atom. The van der Waals surface area contributed by atoms with E-state index in [-0.39, 0.29) is 5.75 Å². The molecule has 1 aromatic rings. The fourth-order valence-corrected chi connectivity index (χ4v) is 2.59. The summed E-state index contributed by atoms with van der Waals surface area (Å²) in [6, 6.07) is 4.54. The van der Waals surface area contributed by atoms with Gasteiger partial charge in [0.05, 0.1) is 14.2 Å². The summed E-state index contributed by atoms with van der Waals surface area (Å²) in [5.74, 6) is 1.21. The van der Waals surface area contributed by atoms with Crippen molar-refractivity contribution >= 4 is 24.1 Å². The molecular weight excluding hydrogens is 282 g/mol. The Hall–Kier alpha value is -1.89. The number of nitrogens with one attached hydrogen (secondary N) is 1. The minimum Gasteiger partial charge on any atom is -0.497 e. The molecule has 7 heteroatoms. The van der Waals surface area contributed by atoms with E-state index >= 15 is 0 Å². The maximum absolute atomic E-state index is 10.9.